The molecular weight excluding hydrogens is 310 g/mol. The molecule has 2 aliphatic heterocycles. The Balaban J connectivity index is 1.70. The van der Waals surface area contributed by atoms with Crippen molar-refractivity contribution < 1.29 is 19.0 Å². The Labute approximate surface area is 142 Å². The van der Waals surface area contributed by atoms with Gasteiger partial charge < -0.3 is 29.7 Å². The third-order valence-corrected chi connectivity index (χ3v) is 4.33. The summed E-state index contributed by atoms with van der Waals surface area (Å²) in [5, 5.41) is 6.28. The smallest absolute Gasteiger partial charge is 0.238 e. The van der Waals surface area contributed by atoms with E-state index in [9.17, 15) is 4.79 Å². The molecule has 1 saturated heterocycles. The summed E-state index contributed by atoms with van der Waals surface area (Å²) in [4.78, 5) is 14.5. The molecule has 1 amide bonds. The number of piperazine rings is 1. The maximum atomic E-state index is 12.3. The highest BCUT2D eigenvalue weighted by atomic mass is 16.7. The summed E-state index contributed by atoms with van der Waals surface area (Å²) in [5.41, 5.74) is 0.976. The van der Waals surface area contributed by atoms with Crippen LogP contribution >= 0.6 is 0 Å². The van der Waals surface area contributed by atoms with Crippen LogP contribution in [0.2, 0.25) is 0 Å². The second-order valence-electron chi connectivity index (χ2n) is 5.98. The molecule has 7 heteroatoms. The first-order valence-electron chi connectivity index (χ1n) is 8.46. The van der Waals surface area contributed by atoms with Crippen LogP contribution in [0, 0.1) is 0 Å². The molecule has 0 aromatic heterocycles. The lowest BCUT2D eigenvalue weighted by Gasteiger charge is -2.34. The van der Waals surface area contributed by atoms with Gasteiger partial charge in [-0.1, -0.05) is 13.3 Å². The number of amides is 1. The SMILES string of the molecule is CCCCNC(=O)C1CN(c2cc(OC)c3c(c2)OCO3)CCN1. The van der Waals surface area contributed by atoms with Gasteiger partial charge in [0, 0.05) is 44.0 Å². The van der Waals surface area contributed by atoms with Crippen molar-refractivity contribution in [2.75, 3.05) is 45.0 Å². The van der Waals surface area contributed by atoms with Gasteiger partial charge in [0.2, 0.25) is 18.4 Å². The van der Waals surface area contributed by atoms with E-state index in [-0.39, 0.29) is 18.7 Å². The van der Waals surface area contributed by atoms with Crippen molar-refractivity contribution in [1.29, 1.82) is 0 Å². The van der Waals surface area contributed by atoms with Gasteiger partial charge in [0.1, 0.15) is 6.04 Å². The molecule has 7 nitrogen and oxygen atoms in total. The Morgan fingerprint density at radius 3 is 3.12 bits per heavy atom. The van der Waals surface area contributed by atoms with Crippen LogP contribution in [-0.2, 0) is 4.79 Å². The van der Waals surface area contributed by atoms with Crippen LogP contribution < -0.4 is 29.7 Å². The maximum Gasteiger partial charge on any atom is 0.238 e. The number of ether oxygens (including phenoxy) is 3. The van der Waals surface area contributed by atoms with Crippen molar-refractivity contribution in [2.24, 2.45) is 0 Å². The highest BCUT2D eigenvalue weighted by Crippen LogP contribution is 2.44. The molecule has 1 aromatic carbocycles. The van der Waals surface area contributed by atoms with Gasteiger partial charge in [0.25, 0.3) is 0 Å². The third-order valence-electron chi connectivity index (χ3n) is 4.33. The zero-order valence-corrected chi connectivity index (χ0v) is 14.3. The van der Waals surface area contributed by atoms with E-state index >= 15 is 0 Å². The molecule has 0 bridgehead atoms. The lowest BCUT2D eigenvalue weighted by atomic mass is 10.1. The summed E-state index contributed by atoms with van der Waals surface area (Å²) >= 11 is 0. The first-order chi connectivity index (χ1) is 11.7. The van der Waals surface area contributed by atoms with Gasteiger partial charge in [-0.25, -0.2) is 0 Å². The van der Waals surface area contributed by atoms with Crippen molar-refractivity contribution in [3.05, 3.63) is 12.1 Å². The number of rotatable bonds is 6. The number of methoxy groups -OCH3 is 1. The number of hydrogen-bond donors (Lipinski definition) is 2. The van der Waals surface area contributed by atoms with Crippen molar-refractivity contribution in [3.8, 4) is 17.2 Å². The number of carbonyl (C=O) groups excluding carboxylic acids is 1. The second kappa shape index (κ2) is 7.61. The van der Waals surface area contributed by atoms with Crippen molar-refractivity contribution in [1.82, 2.24) is 10.6 Å². The van der Waals surface area contributed by atoms with E-state index in [1.165, 1.54) is 0 Å². The number of hydrogen-bond acceptors (Lipinski definition) is 6. The van der Waals surface area contributed by atoms with Gasteiger partial charge in [-0.3, -0.25) is 4.79 Å². The summed E-state index contributed by atoms with van der Waals surface area (Å²) < 4.78 is 16.3. The maximum absolute atomic E-state index is 12.3. The molecule has 0 radical (unpaired) electrons. The molecule has 1 unspecified atom stereocenters. The van der Waals surface area contributed by atoms with E-state index in [0.29, 0.717) is 23.8 Å². The normalized spacial score (nSPS) is 19.2. The van der Waals surface area contributed by atoms with E-state index in [1.54, 1.807) is 7.11 Å². The minimum atomic E-state index is -0.216. The number of fused-ring (bicyclic) bond motifs is 1. The Kier molecular flexibility index (Phi) is 5.30. The van der Waals surface area contributed by atoms with Crippen LogP contribution in [0.5, 0.6) is 17.2 Å². The predicted octanol–water partition coefficient (Wildman–Crippen LogP) is 1.12. The number of nitrogens with one attached hydrogen (secondary N) is 2. The van der Waals surface area contributed by atoms with Crippen LogP contribution in [-0.4, -0.2) is 52.0 Å². The molecule has 132 valence electrons. The summed E-state index contributed by atoms with van der Waals surface area (Å²) in [6.07, 6.45) is 2.07. The van der Waals surface area contributed by atoms with E-state index in [0.717, 1.165) is 38.2 Å². The first kappa shape index (κ1) is 16.7. The molecule has 3 rings (SSSR count). The fourth-order valence-electron chi connectivity index (χ4n) is 2.97. The summed E-state index contributed by atoms with van der Waals surface area (Å²) in [5.74, 6) is 2.04. The Hall–Kier alpha value is -2.15. The lowest BCUT2D eigenvalue weighted by molar-refractivity contribution is -0.123. The second-order valence-corrected chi connectivity index (χ2v) is 5.98. The fraction of sp³-hybridized carbons (Fsp3) is 0.588. The van der Waals surface area contributed by atoms with Crippen LogP contribution in [0.25, 0.3) is 0 Å². The highest BCUT2D eigenvalue weighted by molar-refractivity contribution is 5.83. The quantitative estimate of drug-likeness (QED) is 0.759. The average Bonchev–Trinajstić information content (AvgIpc) is 3.09. The molecule has 1 aromatic rings. The molecule has 0 saturated carbocycles. The molecule has 0 spiro atoms. The Morgan fingerprint density at radius 2 is 2.33 bits per heavy atom. The van der Waals surface area contributed by atoms with Crippen LogP contribution in [0.3, 0.4) is 0 Å². The minimum Gasteiger partial charge on any atom is -0.493 e. The molecule has 1 atom stereocenters. The number of carbonyl (C=O) groups is 1. The molecular formula is C17H25N3O4. The fourth-order valence-corrected chi connectivity index (χ4v) is 2.97. The van der Waals surface area contributed by atoms with Gasteiger partial charge in [-0.15, -0.1) is 0 Å². The summed E-state index contributed by atoms with van der Waals surface area (Å²) in [6.45, 7) is 5.23. The largest absolute Gasteiger partial charge is 0.493 e. The summed E-state index contributed by atoms with van der Waals surface area (Å²) in [7, 11) is 1.61. The Bertz CT molecular complexity index is 593. The zero-order valence-electron chi connectivity index (χ0n) is 14.3. The number of benzene rings is 1. The van der Waals surface area contributed by atoms with E-state index < -0.39 is 0 Å². The first-order valence-corrected chi connectivity index (χ1v) is 8.46. The van der Waals surface area contributed by atoms with Crippen LogP contribution in [0.1, 0.15) is 19.8 Å². The molecule has 24 heavy (non-hydrogen) atoms. The Morgan fingerprint density at radius 1 is 1.46 bits per heavy atom. The van der Waals surface area contributed by atoms with E-state index in [4.69, 9.17) is 14.2 Å². The van der Waals surface area contributed by atoms with Crippen molar-refractivity contribution >= 4 is 11.6 Å². The van der Waals surface area contributed by atoms with Crippen molar-refractivity contribution in [3.63, 3.8) is 0 Å². The van der Waals surface area contributed by atoms with Gasteiger partial charge in [-0.05, 0) is 6.42 Å². The van der Waals surface area contributed by atoms with Crippen molar-refractivity contribution in [2.45, 2.75) is 25.8 Å². The molecule has 2 N–H and O–H groups in total. The molecule has 0 aliphatic carbocycles. The third kappa shape index (κ3) is 3.51. The zero-order chi connectivity index (χ0) is 16.9. The van der Waals surface area contributed by atoms with E-state index in [2.05, 4.69) is 22.5 Å². The number of anilines is 1. The minimum absolute atomic E-state index is 0.0564. The lowest BCUT2D eigenvalue weighted by Crippen LogP contribution is -2.57. The summed E-state index contributed by atoms with van der Waals surface area (Å²) in [6, 6.07) is 3.67. The number of unbranched alkanes of at least 4 members (excludes halogenated alkanes) is 1. The average molecular weight is 335 g/mol. The predicted molar refractivity (Wildman–Crippen MR) is 91.0 cm³/mol. The van der Waals surface area contributed by atoms with Gasteiger partial charge in [0.15, 0.2) is 11.5 Å². The number of nitrogens with zero attached hydrogens (tertiary/aromatic N) is 1. The standard InChI is InChI=1S/C17H25N3O4/c1-3-4-5-19-17(21)13-10-20(7-6-18-13)12-8-14(22-2)16-15(9-12)23-11-24-16/h8-9,13,18H,3-7,10-11H2,1-2H3,(H,19,21). The van der Waals surface area contributed by atoms with E-state index in [1.807, 2.05) is 12.1 Å². The monoisotopic (exact) mass is 335 g/mol. The topological polar surface area (TPSA) is 72.1 Å². The van der Waals surface area contributed by atoms with Gasteiger partial charge in [0.05, 0.1) is 7.11 Å². The molecule has 2 aliphatic rings. The van der Waals surface area contributed by atoms with Crippen LogP contribution in [0.15, 0.2) is 12.1 Å². The molecule has 1 fully saturated rings. The van der Waals surface area contributed by atoms with Gasteiger partial charge in [-0.2, -0.15) is 0 Å². The molecule has 2 heterocycles. The van der Waals surface area contributed by atoms with Gasteiger partial charge >= 0.3 is 0 Å². The highest BCUT2D eigenvalue weighted by Gasteiger charge is 2.28. The van der Waals surface area contributed by atoms with Crippen LogP contribution in [0.4, 0.5) is 5.69 Å².